The minimum atomic E-state index is 0.697. The molecule has 0 fully saturated rings. The highest BCUT2D eigenvalue weighted by Crippen LogP contribution is 2.31. The van der Waals surface area contributed by atoms with Crippen LogP contribution in [0.4, 0.5) is 5.95 Å². The molecule has 0 saturated heterocycles. The van der Waals surface area contributed by atoms with Crippen molar-refractivity contribution in [3.63, 3.8) is 0 Å². The number of ether oxygens (including phenoxy) is 1. The van der Waals surface area contributed by atoms with Gasteiger partial charge < -0.3 is 10.1 Å². The first kappa shape index (κ1) is 13.7. The van der Waals surface area contributed by atoms with Crippen LogP contribution >= 0.6 is 11.6 Å². The lowest BCUT2D eigenvalue weighted by atomic mass is 10.2. The van der Waals surface area contributed by atoms with Gasteiger partial charge >= 0.3 is 0 Å². The smallest absolute Gasteiger partial charge is 0.207 e. The Morgan fingerprint density at radius 2 is 2.11 bits per heavy atom. The molecule has 0 aliphatic rings. The van der Waals surface area contributed by atoms with Gasteiger partial charge in [0.05, 0.1) is 18.5 Å². The zero-order valence-electron chi connectivity index (χ0n) is 11.6. The minimum Gasteiger partial charge on any atom is -0.495 e. The Labute approximate surface area is 118 Å². The van der Waals surface area contributed by atoms with Crippen LogP contribution < -0.4 is 10.1 Å². The lowest BCUT2D eigenvalue weighted by Gasteiger charge is -2.14. The van der Waals surface area contributed by atoms with Crippen LogP contribution in [-0.4, -0.2) is 23.2 Å². The zero-order chi connectivity index (χ0) is 14.0. The Balaban J connectivity index is 2.60. The van der Waals surface area contributed by atoms with Crippen LogP contribution in [-0.2, 0) is 0 Å². The van der Waals surface area contributed by atoms with Crippen molar-refractivity contribution in [2.45, 2.75) is 20.8 Å². The van der Waals surface area contributed by atoms with Gasteiger partial charge in [-0.25, -0.2) is 4.98 Å². The molecule has 2 rings (SSSR count). The average Bonchev–Trinajstić information content (AvgIpc) is 2.73. The molecule has 4 nitrogen and oxygen atoms in total. The number of benzene rings is 1. The van der Waals surface area contributed by atoms with Gasteiger partial charge in [-0.3, -0.25) is 4.57 Å². The molecule has 1 N–H and O–H groups in total. The van der Waals surface area contributed by atoms with E-state index in [1.165, 1.54) is 0 Å². The summed E-state index contributed by atoms with van der Waals surface area (Å²) in [4.78, 5) is 4.47. The summed E-state index contributed by atoms with van der Waals surface area (Å²) >= 11 is 6.14. The van der Waals surface area contributed by atoms with Crippen LogP contribution in [0.2, 0.25) is 5.02 Å². The van der Waals surface area contributed by atoms with Gasteiger partial charge in [-0.2, -0.15) is 0 Å². The summed E-state index contributed by atoms with van der Waals surface area (Å²) in [6, 6.07) is 3.83. The second kappa shape index (κ2) is 5.53. The normalized spacial score (nSPS) is 10.6. The van der Waals surface area contributed by atoms with Gasteiger partial charge in [0, 0.05) is 23.8 Å². The fraction of sp³-hybridized carbons (Fsp3) is 0.357. The quantitative estimate of drug-likeness (QED) is 0.930. The Bertz CT molecular complexity index is 593. The summed E-state index contributed by atoms with van der Waals surface area (Å²) < 4.78 is 7.40. The summed E-state index contributed by atoms with van der Waals surface area (Å²) in [6.07, 6.45) is 1.98. The van der Waals surface area contributed by atoms with Crippen LogP contribution in [0.5, 0.6) is 5.75 Å². The van der Waals surface area contributed by atoms with E-state index >= 15 is 0 Å². The molecule has 0 radical (unpaired) electrons. The molecule has 0 amide bonds. The maximum atomic E-state index is 6.14. The topological polar surface area (TPSA) is 39.1 Å². The fourth-order valence-corrected chi connectivity index (χ4v) is 2.12. The minimum absolute atomic E-state index is 0.697. The maximum Gasteiger partial charge on any atom is 0.207 e. The predicted molar refractivity (Wildman–Crippen MR) is 78.8 cm³/mol. The lowest BCUT2D eigenvalue weighted by molar-refractivity contribution is 0.413. The Morgan fingerprint density at radius 1 is 1.37 bits per heavy atom. The largest absolute Gasteiger partial charge is 0.495 e. The first-order chi connectivity index (χ1) is 9.06. The number of methoxy groups -OCH3 is 1. The molecule has 19 heavy (non-hydrogen) atoms. The van der Waals surface area contributed by atoms with E-state index in [2.05, 4.69) is 10.3 Å². The van der Waals surface area contributed by atoms with Gasteiger partial charge in [0.25, 0.3) is 0 Å². The molecule has 1 aromatic carbocycles. The van der Waals surface area contributed by atoms with Crippen LogP contribution in [0, 0.1) is 13.8 Å². The Hall–Kier alpha value is -1.68. The molecule has 2 aromatic rings. The highest BCUT2D eigenvalue weighted by Gasteiger charge is 2.13. The number of hydrogen-bond donors (Lipinski definition) is 1. The van der Waals surface area contributed by atoms with E-state index in [1.807, 2.05) is 43.7 Å². The number of nitrogens with zero attached hydrogens (tertiary/aromatic N) is 2. The number of nitrogens with one attached hydrogen (secondary N) is 1. The standard InChI is InChI=1S/C14H18ClN3O/c1-5-16-14-17-10(3)8-18(14)12-6-9(2)11(15)7-13(12)19-4/h6-8H,5H2,1-4H3,(H,16,17). The summed E-state index contributed by atoms with van der Waals surface area (Å²) in [5.41, 5.74) is 2.89. The van der Waals surface area contributed by atoms with Crippen molar-refractivity contribution in [2.24, 2.45) is 0 Å². The van der Waals surface area contributed by atoms with Gasteiger partial charge in [-0.15, -0.1) is 0 Å². The van der Waals surface area contributed by atoms with Crippen molar-refractivity contribution >= 4 is 17.5 Å². The van der Waals surface area contributed by atoms with Crippen LogP contribution in [0.1, 0.15) is 18.2 Å². The molecule has 1 heterocycles. The number of aromatic nitrogens is 2. The Kier molecular flexibility index (Phi) is 4.00. The van der Waals surface area contributed by atoms with E-state index in [1.54, 1.807) is 7.11 Å². The molecular weight excluding hydrogens is 262 g/mol. The number of imidazole rings is 1. The lowest BCUT2D eigenvalue weighted by Crippen LogP contribution is -2.06. The first-order valence-corrected chi connectivity index (χ1v) is 6.59. The van der Waals surface area contributed by atoms with Gasteiger partial charge in [0.15, 0.2) is 0 Å². The second-order valence-corrected chi connectivity index (χ2v) is 4.79. The van der Waals surface area contributed by atoms with Crippen molar-refractivity contribution in [3.8, 4) is 11.4 Å². The summed E-state index contributed by atoms with van der Waals surface area (Å²) in [5, 5.41) is 3.94. The third-order valence-corrected chi connectivity index (χ3v) is 3.29. The van der Waals surface area contributed by atoms with Crippen molar-refractivity contribution in [1.82, 2.24) is 9.55 Å². The molecule has 0 aliphatic heterocycles. The van der Waals surface area contributed by atoms with Crippen molar-refractivity contribution in [3.05, 3.63) is 34.6 Å². The summed E-state index contributed by atoms with van der Waals surface area (Å²) in [5.74, 6) is 1.53. The predicted octanol–water partition coefficient (Wildman–Crippen LogP) is 3.58. The highest BCUT2D eigenvalue weighted by atomic mass is 35.5. The third-order valence-electron chi connectivity index (χ3n) is 2.88. The van der Waals surface area contributed by atoms with Crippen LogP contribution in [0.15, 0.2) is 18.3 Å². The van der Waals surface area contributed by atoms with Gasteiger partial charge in [0.1, 0.15) is 5.75 Å². The van der Waals surface area contributed by atoms with Crippen LogP contribution in [0.3, 0.4) is 0 Å². The fourth-order valence-electron chi connectivity index (χ4n) is 1.96. The summed E-state index contributed by atoms with van der Waals surface area (Å²) in [7, 11) is 1.64. The molecule has 1 aromatic heterocycles. The number of anilines is 1. The Morgan fingerprint density at radius 3 is 2.74 bits per heavy atom. The van der Waals surface area contributed by atoms with Crippen molar-refractivity contribution in [1.29, 1.82) is 0 Å². The molecule has 0 atom stereocenters. The first-order valence-electron chi connectivity index (χ1n) is 6.21. The molecule has 0 aliphatic carbocycles. The molecule has 102 valence electrons. The zero-order valence-corrected chi connectivity index (χ0v) is 12.4. The number of halogens is 1. The molecule has 0 bridgehead atoms. The van der Waals surface area contributed by atoms with E-state index in [9.17, 15) is 0 Å². The number of hydrogen-bond acceptors (Lipinski definition) is 3. The van der Waals surface area contributed by atoms with Crippen LogP contribution in [0.25, 0.3) is 5.69 Å². The third kappa shape index (κ3) is 2.68. The molecule has 0 spiro atoms. The van der Waals surface area contributed by atoms with Gasteiger partial charge in [0.2, 0.25) is 5.95 Å². The highest BCUT2D eigenvalue weighted by molar-refractivity contribution is 6.31. The van der Waals surface area contributed by atoms with E-state index in [0.29, 0.717) is 5.02 Å². The van der Waals surface area contributed by atoms with Gasteiger partial charge in [-0.05, 0) is 32.4 Å². The average molecular weight is 280 g/mol. The molecule has 0 unspecified atom stereocenters. The van der Waals surface area contributed by atoms with E-state index in [4.69, 9.17) is 16.3 Å². The second-order valence-electron chi connectivity index (χ2n) is 4.38. The van der Waals surface area contributed by atoms with E-state index in [-0.39, 0.29) is 0 Å². The SMILES string of the molecule is CCNc1nc(C)cn1-c1cc(C)c(Cl)cc1OC. The molecule has 5 heteroatoms. The van der Waals surface area contributed by atoms with Gasteiger partial charge in [-0.1, -0.05) is 11.6 Å². The monoisotopic (exact) mass is 279 g/mol. The van der Waals surface area contributed by atoms with Crippen molar-refractivity contribution < 1.29 is 4.74 Å². The molecule has 0 saturated carbocycles. The molecular formula is C14H18ClN3O. The van der Waals surface area contributed by atoms with E-state index in [0.717, 1.165) is 35.2 Å². The maximum absolute atomic E-state index is 6.14. The summed E-state index contributed by atoms with van der Waals surface area (Å²) in [6.45, 7) is 6.79. The van der Waals surface area contributed by atoms with Crippen molar-refractivity contribution in [2.75, 3.05) is 19.0 Å². The number of rotatable bonds is 4. The number of aryl methyl sites for hydroxylation is 2. The van der Waals surface area contributed by atoms with E-state index < -0.39 is 0 Å².